The number of carbonyl (C=O) groups excluding carboxylic acids is 2. The van der Waals surface area contributed by atoms with Crippen LogP contribution in [0.4, 0.5) is 5.69 Å². The van der Waals surface area contributed by atoms with Gasteiger partial charge in [0.25, 0.3) is 5.56 Å². The van der Waals surface area contributed by atoms with Crippen LogP contribution in [0.2, 0.25) is 15.1 Å². The van der Waals surface area contributed by atoms with Gasteiger partial charge in [-0.25, -0.2) is 4.98 Å². The predicted molar refractivity (Wildman–Crippen MR) is 142 cm³/mol. The molecule has 4 rings (SSSR count). The maximum atomic E-state index is 13.3. The molecule has 0 aliphatic heterocycles. The van der Waals surface area contributed by atoms with Crippen LogP contribution < -0.4 is 10.9 Å². The molecule has 0 aliphatic carbocycles. The van der Waals surface area contributed by atoms with Crippen LogP contribution in [-0.4, -0.2) is 21.2 Å². The van der Waals surface area contributed by atoms with E-state index in [0.29, 0.717) is 42.9 Å². The Morgan fingerprint density at radius 3 is 2.17 bits per heavy atom. The lowest BCUT2D eigenvalue weighted by atomic mass is 9.96. The van der Waals surface area contributed by atoms with E-state index in [4.69, 9.17) is 39.8 Å². The summed E-state index contributed by atoms with van der Waals surface area (Å²) in [5, 5.41) is 4.54. The summed E-state index contributed by atoms with van der Waals surface area (Å²) >= 11 is 18.8. The normalized spacial score (nSPS) is 11.0. The third-order valence-electron chi connectivity index (χ3n) is 5.55. The molecule has 0 saturated carbocycles. The highest BCUT2D eigenvalue weighted by molar-refractivity contribution is 6.36. The van der Waals surface area contributed by atoms with Crippen molar-refractivity contribution < 1.29 is 9.59 Å². The van der Waals surface area contributed by atoms with Crippen LogP contribution in [0.5, 0.6) is 0 Å². The first kappa shape index (κ1) is 24.9. The third kappa shape index (κ3) is 4.69. The largest absolute Gasteiger partial charge is 0.325 e. The number of carbonyl (C=O) groups is 2. The number of amides is 1. The Kier molecular flexibility index (Phi) is 6.99. The van der Waals surface area contributed by atoms with Crippen molar-refractivity contribution in [2.45, 2.75) is 27.3 Å². The van der Waals surface area contributed by atoms with Gasteiger partial charge in [0.1, 0.15) is 11.2 Å². The number of nitrogens with zero attached hydrogens (tertiary/aromatic N) is 2. The SMILES string of the molecule is CCn1c(=O)c(C(C)=O)c(NC(C)=O)c2cc(-c3ccc(Cl)cc3)c(-c3ccc(Cl)cc3Cl)nc21. The summed E-state index contributed by atoms with van der Waals surface area (Å²) in [5.74, 6) is -0.874. The van der Waals surface area contributed by atoms with Gasteiger partial charge in [0.15, 0.2) is 5.78 Å². The smallest absolute Gasteiger partial charge is 0.265 e. The second-order valence-electron chi connectivity index (χ2n) is 7.92. The Labute approximate surface area is 216 Å². The summed E-state index contributed by atoms with van der Waals surface area (Å²) in [4.78, 5) is 42.7. The van der Waals surface area contributed by atoms with Gasteiger partial charge in [-0.1, -0.05) is 46.9 Å². The van der Waals surface area contributed by atoms with Crippen molar-refractivity contribution in [1.29, 1.82) is 0 Å². The summed E-state index contributed by atoms with van der Waals surface area (Å²) in [7, 11) is 0. The van der Waals surface area contributed by atoms with Gasteiger partial charge in [-0.2, -0.15) is 0 Å². The van der Waals surface area contributed by atoms with Gasteiger partial charge >= 0.3 is 0 Å². The molecule has 0 fully saturated rings. The first-order chi connectivity index (χ1) is 16.6. The first-order valence-corrected chi connectivity index (χ1v) is 11.9. The fraction of sp³-hybridized carbons (Fsp3) is 0.154. The molecule has 0 spiro atoms. The van der Waals surface area contributed by atoms with E-state index in [9.17, 15) is 14.4 Å². The van der Waals surface area contributed by atoms with Crippen LogP contribution in [0, 0.1) is 0 Å². The average molecular weight is 529 g/mol. The molecule has 0 unspecified atom stereocenters. The number of ketones is 1. The Morgan fingerprint density at radius 2 is 1.60 bits per heavy atom. The van der Waals surface area contributed by atoms with Gasteiger partial charge in [-0.3, -0.25) is 19.0 Å². The quantitative estimate of drug-likeness (QED) is 0.287. The number of hydrogen-bond donors (Lipinski definition) is 1. The summed E-state index contributed by atoms with van der Waals surface area (Å²) < 4.78 is 1.41. The maximum Gasteiger partial charge on any atom is 0.265 e. The Balaban J connectivity index is 2.22. The zero-order valence-corrected chi connectivity index (χ0v) is 21.3. The second-order valence-corrected chi connectivity index (χ2v) is 9.20. The van der Waals surface area contributed by atoms with Crippen LogP contribution in [0.1, 0.15) is 31.1 Å². The van der Waals surface area contributed by atoms with E-state index < -0.39 is 17.2 Å². The minimum Gasteiger partial charge on any atom is -0.325 e. The van der Waals surface area contributed by atoms with Crippen LogP contribution in [0.25, 0.3) is 33.4 Å². The van der Waals surface area contributed by atoms with Gasteiger partial charge in [-0.15, -0.1) is 0 Å². The van der Waals surface area contributed by atoms with Crippen LogP contribution >= 0.6 is 34.8 Å². The van der Waals surface area contributed by atoms with Crippen molar-refractivity contribution in [3.8, 4) is 22.4 Å². The maximum absolute atomic E-state index is 13.3. The molecule has 2 aromatic carbocycles. The Morgan fingerprint density at radius 1 is 0.943 bits per heavy atom. The summed E-state index contributed by atoms with van der Waals surface area (Å²) in [6, 6.07) is 14.0. The van der Waals surface area contributed by atoms with Crippen molar-refractivity contribution >= 4 is 63.2 Å². The van der Waals surface area contributed by atoms with Gasteiger partial charge in [0, 0.05) is 40.0 Å². The predicted octanol–water partition coefficient (Wildman–Crippen LogP) is 6.87. The molecule has 9 heteroatoms. The number of pyridine rings is 2. The van der Waals surface area contributed by atoms with Crippen molar-refractivity contribution in [3.05, 3.63) is 79.5 Å². The summed E-state index contributed by atoms with van der Waals surface area (Å²) in [6.45, 7) is 4.66. The highest BCUT2D eigenvalue weighted by Crippen LogP contribution is 2.39. The minimum atomic E-state index is -0.531. The minimum absolute atomic E-state index is 0.101. The van der Waals surface area contributed by atoms with Gasteiger partial charge in [0.2, 0.25) is 5.91 Å². The summed E-state index contributed by atoms with van der Waals surface area (Å²) in [6.07, 6.45) is 0. The zero-order chi connectivity index (χ0) is 25.4. The molecule has 0 radical (unpaired) electrons. The molecule has 0 bridgehead atoms. The zero-order valence-electron chi connectivity index (χ0n) is 19.1. The molecule has 1 amide bonds. The van der Waals surface area contributed by atoms with E-state index in [1.165, 1.54) is 18.4 Å². The van der Waals surface area contributed by atoms with Crippen molar-refractivity contribution in [1.82, 2.24) is 9.55 Å². The summed E-state index contributed by atoms with van der Waals surface area (Å²) in [5.41, 5.74) is 2.36. The molecular formula is C26H20Cl3N3O3. The van der Waals surface area contributed by atoms with Crippen molar-refractivity contribution in [3.63, 3.8) is 0 Å². The Hall–Kier alpha value is -3.19. The monoisotopic (exact) mass is 527 g/mol. The number of aryl methyl sites for hydroxylation is 1. The number of rotatable bonds is 5. The number of anilines is 1. The molecule has 6 nitrogen and oxygen atoms in total. The standard InChI is InChI=1S/C26H20Cl3N3O3/c1-4-32-25-20(24(30-14(3)34)22(13(2)33)26(32)35)12-19(15-5-7-16(27)8-6-15)23(31-25)18-10-9-17(28)11-21(18)29/h5-12H,4H2,1-3H3,(H,30,34). The number of fused-ring (bicyclic) bond motifs is 1. The first-order valence-electron chi connectivity index (χ1n) is 10.7. The number of aromatic nitrogens is 2. The molecule has 4 aromatic rings. The molecule has 0 aliphatic rings. The number of nitrogens with one attached hydrogen (secondary N) is 1. The highest BCUT2D eigenvalue weighted by atomic mass is 35.5. The van der Waals surface area contributed by atoms with Gasteiger partial charge in [-0.05, 0) is 55.8 Å². The number of Topliss-reactive ketones (excluding diaryl/α,β-unsaturated/α-hetero) is 1. The molecule has 2 heterocycles. The van der Waals surface area contributed by atoms with Crippen molar-refractivity contribution in [2.24, 2.45) is 0 Å². The van der Waals surface area contributed by atoms with E-state index >= 15 is 0 Å². The molecule has 178 valence electrons. The fourth-order valence-corrected chi connectivity index (χ4v) is 4.65. The van der Waals surface area contributed by atoms with E-state index in [2.05, 4.69) is 5.32 Å². The lowest BCUT2D eigenvalue weighted by Crippen LogP contribution is -2.29. The number of hydrogen-bond acceptors (Lipinski definition) is 4. The number of benzene rings is 2. The lowest BCUT2D eigenvalue weighted by molar-refractivity contribution is -0.114. The van der Waals surface area contributed by atoms with Gasteiger partial charge < -0.3 is 5.32 Å². The third-order valence-corrected chi connectivity index (χ3v) is 6.35. The van der Waals surface area contributed by atoms with E-state index in [1.807, 2.05) is 12.1 Å². The fourth-order valence-electron chi connectivity index (χ4n) is 4.03. The molecule has 35 heavy (non-hydrogen) atoms. The molecule has 2 aromatic heterocycles. The van der Waals surface area contributed by atoms with E-state index in [1.54, 1.807) is 43.3 Å². The lowest BCUT2D eigenvalue weighted by Gasteiger charge is -2.19. The Bertz CT molecular complexity index is 1560. The molecular weight excluding hydrogens is 509 g/mol. The van der Waals surface area contributed by atoms with E-state index in [0.717, 1.165) is 5.56 Å². The molecule has 1 N–H and O–H groups in total. The average Bonchev–Trinajstić information content (AvgIpc) is 2.79. The molecule has 0 saturated heterocycles. The van der Waals surface area contributed by atoms with Crippen LogP contribution in [0.15, 0.2) is 53.3 Å². The van der Waals surface area contributed by atoms with Gasteiger partial charge in [0.05, 0.1) is 16.4 Å². The van der Waals surface area contributed by atoms with E-state index in [-0.39, 0.29) is 17.8 Å². The van der Waals surface area contributed by atoms with Crippen molar-refractivity contribution in [2.75, 3.05) is 5.32 Å². The molecule has 0 atom stereocenters. The van der Waals surface area contributed by atoms with Crippen LogP contribution in [-0.2, 0) is 11.3 Å². The number of halogens is 3. The second kappa shape index (κ2) is 9.82. The topological polar surface area (TPSA) is 81.1 Å². The highest BCUT2D eigenvalue weighted by Gasteiger charge is 2.24. The van der Waals surface area contributed by atoms with Crippen LogP contribution in [0.3, 0.4) is 0 Å².